The van der Waals surface area contributed by atoms with Gasteiger partial charge in [0, 0.05) is 31.4 Å². The zero-order valence-corrected chi connectivity index (χ0v) is 15.1. The molecule has 0 aliphatic carbocycles. The summed E-state index contributed by atoms with van der Waals surface area (Å²) in [7, 11) is 1.43. The number of halogens is 3. The summed E-state index contributed by atoms with van der Waals surface area (Å²) >= 11 is 0. The first kappa shape index (κ1) is 21.8. The molecule has 0 saturated heterocycles. The van der Waals surface area contributed by atoms with Crippen molar-refractivity contribution in [2.45, 2.75) is 6.18 Å². The molecule has 0 unspecified atom stereocenters. The lowest BCUT2D eigenvalue weighted by atomic mass is 10.1. The quantitative estimate of drug-likeness (QED) is 0.413. The fourth-order valence-corrected chi connectivity index (χ4v) is 2.31. The molecule has 29 heavy (non-hydrogen) atoms. The number of carbonyl (C=O) groups is 2. The maximum Gasteiger partial charge on any atom is 0.416 e. The van der Waals surface area contributed by atoms with E-state index in [1.807, 2.05) is 0 Å². The van der Waals surface area contributed by atoms with Crippen molar-refractivity contribution in [3.63, 3.8) is 0 Å². The van der Waals surface area contributed by atoms with Crippen LogP contribution in [0.3, 0.4) is 0 Å². The van der Waals surface area contributed by atoms with Gasteiger partial charge in [0.1, 0.15) is 0 Å². The lowest BCUT2D eigenvalue weighted by Gasteiger charge is -2.12. The van der Waals surface area contributed by atoms with Gasteiger partial charge < -0.3 is 15.4 Å². The Morgan fingerprint density at radius 3 is 2.31 bits per heavy atom. The van der Waals surface area contributed by atoms with Crippen molar-refractivity contribution >= 4 is 23.2 Å². The van der Waals surface area contributed by atoms with Crippen molar-refractivity contribution < 1.29 is 32.4 Å². The molecule has 0 radical (unpaired) electrons. The number of carbonyl (C=O) groups excluding carboxylic acids is 2. The number of non-ortho nitro benzene ring substituents is 1. The molecule has 2 rings (SSSR count). The van der Waals surface area contributed by atoms with Gasteiger partial charge in [0.15, 0.2) is 0 Å². The normalized spacial score (nSPS) is 11.0. The number of nitro groups is 1. The molecule has 0 fully saturated rings. The predicted octanol–water partition coefficient (Wildman–Crippen LogP) is 3.24. The summed E-state index contributed by atoms with van der Waals surface area (Å²) in [5.74, 6) is -1.47. The third-order valence-electron chi connectivity index (χ3n) is 3.77. The fourth-order valence-electron chi connectivity index (χ4n) is 2.31. The first-order valence-corrected chi connectivity index (χ1v) is 8.17. The Morgan fingerprint density at radius 2 is 1.76 bits per heavy atom. The van der Waals surface area contributed by atoms with Gasteiger partial charge >= 0.3 is 6.18 Å². The highest BCUT2D eigenvalue weighted by Gasteiger charge is 2.30. The number of nitrogens with one attached hydrogen (secondary N) is 2. The molecular weight excluding hydrogens is 395 g/mol. The van der Waals surface area contributed by atoms with Gasteiger partial charge in [0.2, 0.25) is 0 Å². The molecule has 2 aromatic rings. The monoisotopic (exact) mass is 411 g/mol. The van der Waals surface area contributed by atoms with E-state index >= 15 is 0 Å². The summed E-state index contributed by atoms with van der Waals surface area (Å²) in [5, 5.41) is 15.8. The highest BCUT2D eigenvalue weighted by molar-refractivity contribution is 6.09. The number of ether oxygens (including phenoxy) is 1. The predicted molar refractivity (Wildman–Crippen MR) is 96.7 cm³/mol. The van der Waals surface area contributed by atoms with E-state index in [9.17, 15) is 32.9 Å². The number of hydrogen-bond acceptors (Lipinski definition) is 5. The second-order valence-corrected chi connectivity index (χ2v) is 5.76. The molecule has 0 spiro atoms. The van der Waals surface area contributed by atoms with Gasteiger partial charge in [-0.25, -0.2) is 0 Å². The van der Waals surface area contributed by atoms with Crippen LogP contribution in [0.15, 0.2) is 42.5 Å². The van der Waals surface area contributed by atoms with Crippen molar-refractivity contribution in [1.29, 1.82) is 0 Å². The molecular formula is C18H16F3N3O5. The Kier molecular flexibility index (Phi) is 6.89. The molecule has 0 bridgehead atoms. The summed E-state index contributed by atoms with van der Waals surface area (Å²) < 4.78 is 42.7. The second-order valence-electron chi connectivity index (χ2n) is 5.76. The van der Waals surface area contributed by atoms with Crippen LogP contribution in [0.2, 0.25) is 0 Å². The molecule has 0 saturated carbocycles. The van der Waals surface area contributed by atoms with Crippen molar-refractivity contribution in [2.24, 2.45) is 0 Å². The van der Waals surface area contributed by atoms with Gasteiger partial charge in [-0.1, -0.05) is 0 Å². The van der Waals surface area contributed by atoms with Crippen molar-refractivity contribution in [3.8, 4) is 0 Å². The van der Waals surface area contributed by atoms with E-state index in [0.717, 1.165) is 36.4 Å². The summed E-state index contributed by atoms with van der Waals surface area (Å²) in [6, 6.07) is 6.74. The van der Waals surface area contributed by atoms with Crippen LogP contribution >= 0.6 is 0 Å². The van der Waals surface area contributed by atoms with Crippen molar-refractivity contribution in [3.05, 3.63) is 69.3 Å². The summed E-state index contributed by atoms with van der Waals surface area (Å²) in [6.07, 6.45) is -4.54. The van der Waals surface area contributed by atoms with Gasteiger partial charge in [0.25, 0.3) is 17.5 Å². The smallest absolute Gasteiger partial charge is 0.383 e. The summed E-state index contributed by atoms with van der Waals surface area (Å²) in [5.41, 5.74) is -1.56. The van der Waals surface area contributed by atoms with Crippen molar-refractivity contribution in [2.75, 3.05) is 25.6 Å². The van der Waals surface area contributed by atoms with Gasteiger partial charge in [-0.3, -0.25) is 19.7 Å². The van der Waals surface area contributed by atoms with Gasteiger partial charge in [-0.2, -0.15) is 13.2 Å². The van der Waals surface area contributed by atoms with Crippen LogP contribution in [0, 0.1) is 10.1 Å². The first-order valence-electron chi connectivity index (χ1n) is 8.17. The number of nitro benzene ring substituents is 1. The van der Waals surface area contributed by atoms with E-state index in [2.05, 4.69) is 10.6 Å². The maximum absolute atomic E-state index is 12.6. The summed E-state index contributed by atoms with van der Waals surface area (Å²) in [4.78, 5) is 35.0. The number of benzene rings is 2. The van der Waals surface area contributed by atoms with Crippen molar-refractivity contribution in [1.82, 2.24) is 5.32 Å². The number of nitrogens with zero attached hydrogens (tertiary/aromatic N) is 1. The maximum atomic E-state index is 12.6. The zero-order chi connectivity index (χ0) is 21.6. The minimum atomic E-state index is -4.54. The van der Waals surface area contributed by atoms with Crippen LogP contribution in [-0.2, 0) is 10.9 Å². The number of amides is 2. The first-order chi connectivity index (χ1) is 13.6. The Bertz CT molecular complexity index is 914. The SMILES string of the molecule is COCCNC(=O)c1cc([N+](=O)[O-])ccc1NC(=O)c1ccc(C(F)(F)F)cc1. The Labute approximate surface area is 162 Å². The largest absolute Gasteiger partial charge is 0.416 e. The molecule has 8 nitrogen and oxygen atoms in total. The van der Waals surface area contributed by atoms with E-state index in [4.69, 9.17) is 4.74 Å². The van der Waals surface area contributed by atoms with Crippen LogP contribution in [-0.4, -0.2) is 37.0 Å². The van der Waals surface area contributed by atoms with Gasteiger partial charge in [0.05, 0.1) is 28.3 Å². The number of rotatable bonds is 7. The van der Waals surface area contributed by atoms with E-state index in [1.165, 1.54) is 13.2 Å². The fraction of sp³-hybridized carbons (Fsp3) is 0.222. The third kappa shape index (κ3) is 5.75. The molecule has 0 aliphatic heterocycles. The third-order valence-corrected chi connectivity index (χ3v) is 3.77. The average Bonchev–Trinajstić information content (AvgIpc) is 2.67. The topological polar surface area (TPSA) is 111 Å². The molecule has 2 aromatic carbocycles. The number of anilines is 1. The second kappa shape index (κ2) is 9.15. The van der Waals surface area contributed by atoms with Crippen LogP contribution in [0.1, 0.15) is 26.3 Å². The molecule has 154 valence electrons. The highest BCUT2D eigenvalue weighted by Crippen LogP contribution is 2.29. The Morgan fingerprint density at radius 1 is 1.10 bits per heavy atom. The number of alkyl halides is 3. The minimum Gasteiger partial charge on any atom is -0.383 e. The lowest BCUT2D eigenvalue weighted by Crippen LogP contribution is -2.28. The molecule has 2 amide bonds. The van der Waals surface area contributed by atoms with E-state index in [-0.39, 0.29) is 35.7 Å². The molecule has 11 heteroatoms. The molecule has 0 heterocycles. The van der Waals surface area contributed by atoms with E-state index in [0.29, 0.717) is 0 Å². The molecule has 2 N–H and O–H groups in total. The molecule has 0 aromatic heterocycles. The zero-order valence-electron chi connectivity index (χ0n) is 15.1. The molecule has 0 atom stereocenters. The minimum absolute atomic E-state index is 0.0320. The van der Waals surface area contributed by atoms with E-state index < -0.39 is 28.5 Å². The number of hydrogen-bond donors (Lipinski definition) is 2. The van der Waals surface area contributed by atoms with Crippen LogP contribution < -0.4 is 10.6 Å². The van der Waals surface area contributed by atoms with Crippen LogP contribution in [0.5, 0.6) is 0 Å². The van der Waals surface area contributed by atoms with E-state index in [1.54, 1.807) is 0 Å². The standard InChI is InChI=1S/C18H16F3N3O5/c1-29-9-8-22-17(26)14-10-13(24(27)28)6-7-15(14)23-16(25)11-2-4-12(5-3-11)18(19,20)21/h2-7,10H,8-9H2,1H3,(H,22,26)(H,23,25). The van der Waals surface area contributed by atoms with Gasteiger partial charge in [-0.05, 0) is 30.3 Å². The molecule has 0 aliphatic rings. The lowest BCUT2D eigenvalue weighted by molar-refractivity contribution is -0.384. The summed E-state index contributed by atoms with van der Waals surface area (Å²) in [6.45, 7) is 0.332. The van der Waals surface area contributed by atoms with Crippen LogP contribution in [0.4, 0.5) is 24.5 Å². The average molecular weight is 411 g/mol. The van der Waals surface area contributed by atoms with Crippen LogP contribution in [0.25, 0.3) is 0 Å². The van der Waals surface area contributed by atoms with Gasteiger partial charge in [-0.15, -0.1) is 0 Å². The Hall–Kier alpha value is -3.47. The number of methoxy groups -OCH3 is 1. The Balaban J connectivity index is 2.27. The highest BCUT2D eigenvalue weighted by atomic mass is 19.4.